The first-order valence-electron chi connectivity index (χ1n) is 11.7. The molecule has 174 valence electrons. The highest BCUT2D eigenvalue weighted by Crippen LogP contribution is 2.14. The summed E-state index contributed by atoms with van der Waals surface area (Å²) in [5.41, 5.74) is 2.34. The van der Waals surface area contributed by atoms with Crippen molar-refractivity contribution in [3.63, 3.8) is 0 Å². The van der Waals surface area contributed by atoms with Gasteiger partial charge in [-0.2, -0.15) is 0 Å². The first-order chi connectivity index (χ1) is 15.4. The lowest BCUT2D eigenvalue weighted by Crippen LogP contribution is -2.50. The summed E-state index contributed by atoms with van der Waals surface area (Å²) in [6.07, 6.45) is 2.28. The largest absolute Gasteiger partial charge is 0.494 e. The molecule has 1 N–H and O–H groups in total. The van der Waals surface area contributed by atoms with E-state index in [4.69, 9.17) is 4.74 Å². The van der Waals surface area contributed by atoms with E-state index in [2.05, 4.69) is 31.3 Å². The van der Waals surface area contributed by atoms with Gasteiger partial charge in [-0.25, -0.2) is 0 Å². The first kappa shape index (κ1) is 25.4. The number of nitrogens with zero attached hydrogens (tertiary/aromatic N) is 1. The van der Waals surface area contributed by atoms with Crippen molar-refractivity contribution >= 4 is 11.8 Å². The van der Waals surface area contributed by atoms with Gasteiger partial charge in [0.1, 0.15) is 11.8 Å². The van der Waals surface area contributed by atoms with Crippen LogP contribution in [0.1, 0.15) is 51.2 Å². The minimum Gasteiger partial charge on any atom is -0.494 e. The molecule has 2 aromatic carbocycles. The van der Waals surface area contributed by atoms with Gasteiger partial charge in [0.05, 0.1) is 6.61 Å². The fourth-order valence-electron chi connectivity index (χ4n) is 3.51. The Labute approximate surface area is 193 Å². The summed E-state index contributed by atoms with van der Waals surface area (Å²) >= 11 is 0. The van der Waals surface area contributed by atoms with E-state index in [-0.39, 0.29) is 11.8 Å². The molecule has 0 heterocycles. The number of ether oxygens (including phenoxy) is 1. The lowest BCUT2D eigenvalue weighted by Gasteiger charge is -2.31. The predicted molar refractivity (Wildman–Crippen MR) is 130 cm³/mol. The van der Waals surface area contributed by atoms with Crippen LogP contribution in [0, 0.1) is 12.8 Å². The molecule has 0 aliphatic carbocycles. The topological polar surface area (TPSA) is 58.6 Å². The number of hydrogen-bond donors (Lipinski definition) is 1. The molecule has 0 saturated carbocycles. The van der Waals surface area contributed by atoms with Gasteiger partial charge in [-0.05, 0) is 49.8 Å². The average molecular weight is 439 g/mol. The molecule has 0 bridgehead atoms. The Morgan fingerprint density at radius 2 is 1.72 bits per heavy atom. The van der Waals surface area contributed by atoms with Crippen LogP contribution in [0.2, 0.25) is 0 Å². The molecular formula is C27H38N2O3. The summed E-state index contributed by atoms with van der Waals surface area (Å²) in [6, 6.07) is 17.5. The van der Waals surface area contributed by atoms with E-state index < -0.39 is 6.04 Å². The SMILES string of the molecule is CC[C@@H](C(=O)NCC(C)C)N(CCc1ccccc1)C(=O)CCCOc1ccc(C)cc1. The number of rotatable bonds is 13. The van der Waals surface area contributed by atoms with Crippen molar-refractivity contribution in [2.45, 2.75) is 59.4 Å². The van der Waals surface area contributed by atoms with Gasteiger partial charge in [0.15, 0.2) is 0 Å². The van der Waals surface area contributed by atoms with Gasteiger partial charge in [0, 0.05) is 19.5 Å². The number of benzene rings is 2. The summed E-state index contributed by atoms with van der Waals surface area (Å²) in [7, 11) is 0. The average Bonchev–Trinajstić information content (AvgIpc) is 2.79. The van der Waals surface area contributed by atoms with E-state index in [1.165, 1.54) is 5.56 Å². The van der Waals surface area contributed by atoms with Crippen LogP contribution in [-0.4, -0.2) is 42.5 Å². The molecule has 0 aromatic heterocycles. The molecule has 0 fully saturated rings. The molecule has 0 unspecified atom stereocenters. The Balaban J connectivity index is 1.98. The summed E-state index contributed by atoms with van der Waals surface area (Å²) < 4.78 is 5.77. The van der Waals surface area contributed by atoms with Crippen molar-refractivity contribution in [2.24, 2.45) is 5.92 Å². The number of aryl methyl sites for hydroxylation is 1. The second kappa shape index (κ2) is 13.6. The molecule has 0 aliphatic heterocycles. The maximum atomic E-state index is 13.2. The Morgan fingerprint density at radius 3 is 2.34 bits per heavy atom. The second-order valence-corrected chi connectivity index (χ2v) is 8.65. The zero-order valence-electron chi connectivity index (χ0n) is 20.0. The number of hydrogen-bond acceptors (Lipinski definition) is 3. The van der Waals surface area contributed by atoms with E-state index in [0.717, 1.165) is 17.7 Å². The molecule has 0 saturated heterocycles. The summed E-state index contributed by atoms with van der Waals surface area (Å²) in [6.45, 7) is 9.73. The zero-order valence-corrected chi connectivity index (χ0v) is 20.0. The molecule has 5 heteroatoms. The van der Waals surface area contributed by atoms with Crippen LogP contribution in [0.25, 0.3) is 0 Å². The van der Waals surface area contributed by atoms with Crippen LogP contribution in [0.3, 0.4) is 0 Å². The molecule has 2 aromatic rings. The monoisotopic (exact) mass is 438 g/mol. The number of carbonyl (C=O) groups is 2. The van der Waals surface area contributed by atoms with Crippen molar-refractivity contribution in [2.75, 3.05) is 19.7 Å². The van der Waals surface area contributed by atoms with Gasteiger partial charge in [-0.1, -0.05) is 68.8 Å². The highest BCUT2D eigenvalue weighted by atomic mass is 16.5. The van der Waals surface area contributed by atoms with Gasteiger partial charge in [-0.15, -0.1) is 0 Å². The van der Waals surface area contributed by atoms with Crippen LogP contribution < -0.4 is 10.1 Å². The van der Waals surface area contributed by atoms with Crippen molar-refractivity contribution in [3.05, 3.63) is 65.7 Å². The van der Waals surface area contributed by atoms with Gasteiger partial charge >= 0.3 is 0 Å². The Bertz CT molecular complexity index is 819. The fraction of sp³-hybridized carbons (Fsp3) is 0.481. The van der Waals surface area contributed by atoms with E-state index in [9.17, 15) is 9.59 Å². The summed E-state index contributed by atoms with van der Waals surface area (Å²) in [4.78, 5) is 27.8. The minimum atomic E-state index is -0.456. The second-order valence-electron chi connectivity index (χ2n) is 8.65. The highest BCUT2D eigenvalue weighted by Gasteiger charge is 2.27. The van der Waals surface area contributed by atoms with Crippen LogP contribution in [-0.2, 0) is 16.0 Å². The smallest absolute Gasteiger partial charge is 0.242 e. The van der Waals surface area contributed by atoms with E-state index in [1.807, 2.05) is 56.3 Å². The van der Waals surface area contributed by atoms with E-state index in [0.29, 0.717) is 44.9 Å². The normalized spacial score (nSPS) is 11.8. The molecular weight excluding hydrogens is 400 g/mol. The Hall–Kier alpha value is -2.82. The molecule has 2 rings (SSSR count). The maximum Gasteiger partial charge on any atom is 0.242 e. The van der Waals surface area contributed by atoms with Crippen LogP contribution in [0.15, 0.2) is 54.6 Å². The fourth-order valence-corrected chi connectivity index (χ4v) is 3.51. The van der Waals surface area contributed by atoms with Gasteiger partial charge in [0.2, 0.25) is 11.8 Å². The lowest BCUT2D eigenvalue weighted by atomic mass is 10.1. The third kappa shape index (κ3) is 8.74. The molecule has 5 nitrogen and oxygen atoms in total. The number of carbonyl (C=O) groups excluding carboxylic acids is 2. The molecule has 0 radical (unpaired) electrons. The standard InChI is InChI=1S/C27H38N2O3/c1-5-25(27(31)28-20-21(2)3)29(18-17-23-10-7-6-8-11-23)26(30)12-9-19-32-24-15-13-22(4)14-16-24/h6-8,10-11,13-16,21,25H,5,9,12,17-20H2,1-4H3,(H,28,31)/t25-/m0/s1. The minimum absolute atomic E-state index is 0.0000146. The van der Waals surface area contributed by atoms with Crippen molar-refractivity contribution in [3.8, 4) is 5.75 Å². The van der Waals surface area contributed by atoms with Crippen molar-refractivity contribution < 1.29 is 14.3 Å². The van der Waals surface area contributed by atoms with Crippen molar-refractivity contribution in [1.82, 2.24) is 10.2 Å². The third-order valence-corrected chi connectivity index (χ3v) is 5.38. The van der Waals surface area contributed by atoms with Gasteiger partial charge in [-0.3, -0.25) is 9.59 Å². The molecule has 0 aliphatic rings. The molecule has 1 atom stereocenters. The van der Waals surface area contributed by atoms with Gasteiger partial charge < -0.3 is 15.0 Å². The predicted octanol–water partition coefficient (Wildman–Crippen LogP) is 4.78. The number of nitrogens with one attached hydrogen (secondary N) is 1. The number of amides is 2. The van der Waals surface area contributed by atoms with E-state index in [1.54, 1.807) is 4.90 Å². The van der Waals surface area contributed by atoms with E-state index >= 15 is 0 Å². The zero-order chi connectivity index (χ0) is 23.3. The summed E-state index contributed by atoms with van der Waals surface area (Å²) in [5, 5.41) is 3.00. The van der Waals surface area contributed by atoms with Crippen LogP contribution in [0.4, 0.5) is 0 Å². The summed E-state index contributed by atoms with van der Waals surface area (Å²) in [5.74, 6) is 1.10. The highest BCUT2D eigenvalue weighted by molar-refractivity contribution is 5.87. The maximum absolute atomic E-state index is 13.2. The molecule has 2 amide bonds. The Kier molecular flexibility index (Phi) is 10.8. The third-order valence-electron chi connectivity index (χ3n) is 5.38. The first-order valence-corrected chi connectivity index (χ1v) is 11.7. The van der Waals surface area contributed by atoms with Crippen molar-refractivity contribution in [1.29, 1.82) is 0 Å². The lowest BCUT2D eigenvalue weighted by molar-refractivity contribution is -0.140. The quantitative estimate of drug-likeness (QED) is 0.458. The van der Waals surface area contributed by atoms with Gasteiger partial charge in [0.25, 0.3) is 0 Å². The van der Waals surface area contributed by atoms with Crippen LogP contribution >= 0.6 is 0 Å². The Morgan fingerprint density at radius 1 is 1.03 bits per heavy atom. The molecule has 32 heavy (non-hydrogen) atoms. The van der Waals surface area contributed by atoms with Crippen LogP contribution in [0.5, 0.6) is 5.75 Å². The molecule has 0 spiro atoms.